The van der Waals surface area contributed by atoms with Gasteiger partial charge in [-0.1, -0.05) is 31.9 Å². The van der Waals surface area contributed by atoms with Crippen molar-refractivity contribution in [3.05, 3.63) is 54.1 Å². The van der Waals surface area contributed by atoms with Crippen LogP contribution in [0.15, 0.2) is 47.4 Å². The Morgan fingerprint density at radius 1 is 0.926 bits per heavy atom. The van der Waals surface area contributed by atoms with Crippen molar-refractivity contribution in [2.24, 2.45) is 11.8 Å². The summed E-state index contributed by atoms with van der Waals surface area (Å²) in [6, 6.07) is 9.78. The molecule has 0 heterocycles. The average molecular weight is 390 g/mol. The van der Waals surface area contributed by atoms with Crippen molar-refractivity contribution in [1.82, 2.24) is 0 Å². The molecule has 0 atom stereocenters. The highest BCUT2D eigenvalue weighted by Gasteiger charge is 2.59. The molecular formula is C22H24F2O2S. The lowest BCUT2D eigenvalue weighted by Crippen LogP contribution is -2.34. The minimum Gasteiger partial charge on any atom is -0.223 e. The van der Waals surface area contributed by atoms with Gasteiger partial charge in [0.25, 0.3) is 0 Å². The summed E-state index contributed by atoms with van der Waals surface area (Å²) in [6.45, 7) is 2.23. The van der Waals surface area contributed by atoms with E-state index in [1.165, 1.54) is 12.1 Å². The molecule has 0 aliphatic heterocycles. The molecule has 2 nitrogen and oxygen atoms in total. The topological polar surface area (TPSA) is 34.1 Å². The standard InChI is InChI=1S/C22H24F2O2S/c1-15-2-6-17(7-3-15)22(12-13-22)27(25,26)19-9-4-16(5-10-19)20-11-8-18(23)14-21(20)24/h4-5,8-11,14-15,17H,2-3,6-7,12-13H2,1H3. The van der Waals surface area contributed by atoms with E-state index in [0.29, 0.717) is 16.4 Å². The van der Waals surface area contributed by atoms with Crippen LogP contribution in [0, 0.1) is 23.5 Å². The molecule has 2 aliphatic rings. The Labute approximate surface area is 159 Å². The molecule has 0 saturated heterocycles. The van der Waals surface area contributed by atoms with E-state index >= 15 is 0 Å². The second-order valence-corrected chi connectivity index (χ2v) is 10.5. The first-order valence-corrected chi connectivity index (χ1v) is 11.1. The van der Waals surface area contributed by atoms with Crippen molar-refractivity contribution < 1.29 is 17.2 Å². The highest BCUT2D eigenvalue weighted by molar-refractivity contribution is 7.93. The van der Waals surface area contributed by atoms with Gasteiger partial charge in [-0.25, -0.2) is 17.2 Å². The van der Waals surface area contributed by atoms with Gasteiger partial charge < -0.3 is 0 Å². The maximum Gasteiger partial charge on any atom is 0.184 e. The zero-order valence-electron chi connectivity index (χ0n) is 15.4. The summed E-state index contributed by atoms with van der Waals surface area (Å²) in [5.41, 5.74) is 0.811. The molecule has 0 radical (unpaired) electrons. The van der Waals surface area contributed by atoms with Gasteiger partial charge in [-0.15, -0.1) is 0 Å². The Hall–Kier alpha value is -1.75. The first-order chi connectivity index (χ1) is 12.8. The van der Waals surface area contributed by atoms with Gasteiger partial charge in [0.15, 0.2) is 9.84 Å². The smallest absolute Gasteiger partial charge is 0.184 e. The number of halogens is 2. The van der Waals surface area contributed by atoms with E-state index in [4.69, 9.17) is 0 Å². The molecular weight excluding hydrogens is 366 g/mol. The molecule has 0 spiro atoms. The van der Waals surface area contributed by atoms with Gasteiger partial charge in [0, 0.05) is 11.6 Å². The third-order valence-corrected chi connectivity index (χ3v) is 9.15. The molecule has 5 heteroatoms. The first-order valence-electron chi connectivity index (χ1n) is 9.64. The van der Waals surface area contributed by atoms with E-state index < -0.39 is 26.2 Å². The minimum atomic E-state index is -3.41. The van der Waals surface area contributed by atoms with Crippen LogP contribution in [-0.4, -0.2) is 13.2 Å². The minimum absolute atomic E-state index is 0.243. The zero-order chi connectivity index (χ0) is 19.2. The molecule has 0 bridgehead atoms. The molecule has 27 heavy (non-hydrogen) atoms. The highest BCUT2D eigenvalue weighted by atomic mass is 32.2. The van der Waals surface area contributed by atoms with Gasteiger partial charge in [-0.05, 0) is 67.3 Å². The van der Waals surface area contributed by atoms with Gasteiger partial charge in [-0.3, -0.25) is 0 Å². The Kier molecular flexibility index (Phi) is 4.61. The molecule has 2 aliphatic carbocycles. The molecule has 0 N–H and O–H groups in total. The van der Waals surface area contributed by atoms with E-state index in [9.17, 15) is 17.2 Å². The van der Waals surface area contributed by atoms with Crippen molar-refractivity contribution in [1.29, 1.82) is 0 Å². The molecule has 2 fully saturated rings. The summed E-state index contributed by atoms with van der Waals surface area (Å²) < 4.78 is 53.2. The van der Waals surface area contributed by atoms with Crippen molar-refractivity contribution in [3.8, 4) is 11.1 Å². The lowest BCUT2D eigenvalue weighted by Gasteiger charge is -2.32. The van der Waals surface area contributed by atoms with E-state index in [1.807, 2.05) is 0 Å². The second kappa shape index (κ2) is 6.69. The lowest BCUT2D eigenvalue weighted by atomic mass is 9.80. The Bertz CT molecular complexity index is 939. The normalized spacial score (nSPS) is 24.6. The Morgan fingerprint density at radius 2 is 1.56 bits per heavy atom. The van der Waals surface area contributed by atoms with E-state index in [2.05, 4.69) is 6.92 Å². The van der Waals surface area contributed by atoms with Crippen molar-refractivity contribution in [3.63, 3.8) is 0 Å². The van der Waals surface area contributed by atoms with Crippen molar-refractivity contribution in [2.75, 3.05) is 0 Å². The van der Waals surface area contributed by atoms with Crippen LogP contribution in [-0.2, 0) is 9.84 Å². The summed E-state index contributed by atoms with van der Waals surface area (Å²) in [5.74, 6) is -0.355. The first kappa shape index (κ1) is 18.6. The van der Waals surface area contributed by atoms with Gasteiger partial charge >= 0.3 is 0 Å². The van der Waals surface area contributed by atoms with Crippen LogP contribution in [0.4, 0.5) is 8.78 Å². The summed E-state index contributed by atoms with van der Waals surface area (Å²) >= 11 is 0. The fourth-order valence-electron chi connectivity index (χ4n) is 4.58. The van der Waals surface area contributed by atoms with Crippen LogP contribution in [0.1, 0.15) is 45.4 Å². The van der Waals surface area contributed by atoms with Crippen molar-refractivity contribution >= 4 is 9.84 Å². The molecule has 0 amide bonds. The molecule has 0 unspecified atom stereocenters. The Morgan fingerprint density at radius 3 is 2.11 bits per heavy atom. The molecule has 4 rings (SSSR count). The molecule has 0 aromatic heterocycles. The van der Waals surface area contributed by atoms with Crippen LogP contribution in [0.25, 0.3) is 11.1 Å². The maximum absolute atomic E-state index is 14.0. The Balaban J connectivity index is 1.61. The van der Waals surface area contributed by atoms with Gasteiger partial charge in [0.05, 0.1) is 9.64 Å². The molecule has 2 saturated carbocycles. The number of hydrogen-bond donors (Lipinski definition) is 0. The zero-order valence-corrected chi connectivity index (χ0v) is 16.2. The lowest BCUT2D eigenvalue weighted by molar-refractivity contribution is 0.272. The number of rotatable bonds is 4. The largest absolute Gasteiger partial charge is 0.223 e. The fraction of sp³-hybridized carbons (Fsp3) is 0.455. The van der Waals surface area contributed by atoms with E-state index in [-0.39, 0.29) is 11.5 Å². The van der Waals surface area contributed by atoms with E-state index in [1.54, 1.807) is 24.3 Å². The summed E-state index contributed by atoms with van der Waals surface area (Å²) in [7, 11) is -3.41. The SMILES string of the molecule is CC1CCC(C2(S(=O)(=O)c3ccc(-c4ccc(F)cc4F)cc3)CC2)CC1. The number of sulfone groups is 1. The summed E-state index contributed by atoms with van der Waals surface area (Å²) in [5, 5.41) is 0. The van der Waals surface area contributed by atoms with Gasteiger partial charge in [-0.2, -0.15) is 0 Å². The van der Waals surface area contributed by atoms with Crippen LogP contribution in [0.5, 0.6) is 0 Å². The van der Waals surface area contributed by atoms with E-state index in [0.717, 1.165) is 44.6 Å². The quantitative estimate of drug-likeness (QED) is 0.665. The average Bonchev–Trinajstić information content (AvgIpc) is 3.45. The fourth-order valence-corrected chi connectivity index (χ4v) is 6.86. The molecule has 2 aromatic carbocycles. The van der Waals surface area contributed by atoms with Crippen LogP contribution < -0.4 is 0 Å². The predicted octanol–water partition coefficient (Wildman–Crippen LogP) is 5.76. The van der Waals surface area contributed by atoms with Crippen molar-refractivity contribution in [2.45, 2.75) is 55.1 Å². The van der Waals surface area contributed by atoms with Gasteiger partial charge in [0.2, 0.25) is 0 Å². The monoisotopic (exact) mass is 390 g/mol. The molecule has 2 aromatic rings. The second-order valence-electron chi connectivity index (χ2n) is 8.17. The maximum atomic E-state index is 14.0. The number of hydrogen-bond acceptors (Lipinski definition) is 2. The molecule has 144 valence electrons. The van der Waals surface area contributed by atoms with Crippen LogP contribution >= 0.6 is 0 Å². The summed E-state index contributed by atoms with van der Waals surface area (Å²) in [6.07, 6.45) is 5.65. The summed E-state index contributed by atoms with van der Waals surface area (Å²) in [4.78, 5) is 0.310. The van der Waals surface area contributed by atoms with Gasteiger partial charge in [0.1, 0.15) is 11.6 Å². The third kappa shape index (κ3) is 3.20. The van der Waals surface area contributed by atoms with Crippen LogP contribution in [0.2, 0.25) is 0 Å². The third-order valence-electron chi connectivity index (χ3n) is 6.44. The predicted molar refractivity (Wildman–Crippen MR) is 102 cm³/mol. The van der Waals surface area contributed by atoms with Crippen LogP contribution in [0.3, 0.4) is 0 Å². The highest BCUT2D eigenvalue weighted by Crippen LogP contribution is 2.56. The number of benzene rings is 2.